The maximum absolute atomic E-state index is 11.7. The normalized spacial score (nSPS) is 22.2. The minimum absolute atomic E-state index is 0.0781. The number of methoxy groups -OCH3 is 1. The number of rotatable bonds is 5. The quantitative estimate of drug-likeness (QED) is 0.890. The molecule has 5 nitrogen and oxygen atoms in total. The van der Waals surface area contributed by atoms with Crippen LogP contribution in [0, 0.1) is 0 Å². The SMILES string of the molecule is CCCOc1cc(C2C(N)CC(=O)N2C)ccc1OC. The summed E-state index contributed by atoms with van der Waals surface area (Å²) in [5, 5.41) is 0. The van der Waals surface area contributed by atoms with Crippen molar-refractivity contribution in [3.8, 4) is 11.5 Å². The standard InChI is InChI=1S/C15H22N2O3/c1-4-7-20-13-8-10(5-6-12(13)19-3)15-11(16)9-14(18)17(15)2/h5-6,8,11,15H,4,7,9,16H2,1-3H3. The summed E-state index contributed by atoms with van der Waals surface area (Å²) in [6.45, 7) is 2.68. The minimum Gasteiger partial charge on any atom is -0.493 e. The molecule has 1 aromatic rings. The van der Waals surface area contributed by atoms with Gasteiger partial charge in [0.15, 0.2) is 11.5 Å². The van der Waals surface area contributed by atoms with Crippen molar-refractivity contribution in [2.75, 3.05) is 20.8 Å². The van der Waals surface area contributed by atoms with E-state index in [9.17, 15) is 4.79 Å². The van der Waals surface area contributed by atoms with E-state index in [1.165, 1.54) is 0 Å². The third-order valence-electron chi connectivity index (χ3n) is 3.62. The zero-order chi connectivity index (χ0) is 14.7. The van der Waals surface area contributed by atoms with Crippen LogP contribution in [0.5, 0.6) is 11.5 Å². The Labute approximate surface area is 119 Å². The predicted octanol–water partition coefficient (Wildman–Crippen LogP) is 1.71. The molecule has 1 aliphatic rings. The van der Waals surface area contributed by atoms with Gasteiger partial charge in [-0.15, -0.1) is 0 Å². The Kier molecular flexibility index (Phi) is 4.49. The van der Waals surface area contributed by atoms with Gasteiger partial charge in [0.1, 0.15) is 0 Å². The van der Waals surface area contributed by atoms with Gasteiger partial charge in [-0.3, -0.25) is 4.79 Å². The molecule has 0 saturated carbocycles. The Morgan fingerprint density at radius 1 is 1.40 bits per heavy atom. The molecule has 1 saturated heterocycles. The topological polar surface area (TPSA) is 64.8 Å². The van der Waals surface area contributed by atoms with Crippen molar-refractivity contribution >= 4 is 5.91 Å². The fraction of sp³-hybridized carbons (Fsp3) is 0.533. The summed E-state index contributed by atoms with van der Waals surface area (Å²) in [6, 6.07) is 5.45. The monoisotopic (exact) mass is 278 g/mol. The predicted molar refractivity (Wildman–Crippen MR) is 76.9 cm³/mol. The van der Waals surface area contributed by atoms with E-state index in [0.29, 0.717) is 24.5 Å². The molecule has 1 amide bonds. The highest BCUT2D eigenvalue weighted by atomic mass is 16.5. The number of likely N-dealkylation sites (tertiary alicyclic amines) is 1. The fourth-order valence-corrected chi connectivity index (χ4v) is 2.57. The van der Waals surface area contributed by atoms with Gasteiger partial charge in [0.05, 0.1) is 19.8 Å². The van der Waals surface area contributed by atoms with Crippen LogP contribution in [0.1, 0.15) is 31.4 Å². The number of carbonyl (C=O) groups is 1. The molecule has 2 atom stereocenters. The summed E-state index contributed by atoms with van der Waals surface area (Å²) < 4.78 is 11.0. The molecule has 2 unspecified atom stereocenters. The third-order valence-corrected chi connectivity index (χ3v) is 3.62. The molecule has 0 aliphatic carbocycles. The average Bonchev–Trinajstić information content (AvgIpc) is 2.69. The van der Waals surface area contributed by atoms with Crippen molar-refractivity contribution < 1.29 is 14.3 Å². The molecular weight excluding hydrogens is 256 g/mol. The van der Waals surface area contributed by atoms with Gasteiger partial charge in [0.25, 0.3) is 0 Å². The molecule has 20 heavy (non-hydrogen) atoms. The van der Waals surface area contributed by atoms with E-state index < -0.39 is 0 Å². The number of carbonyl (C=O) groups excluding carboxylic acids is 1. The number of nitrogens with zero attached hydrogens (tertiary/aromatic N) is 1. The lowest BCUT2D eigenvalue weighted by Gasteiger charge is -2.24. The number of benzene rings is 1. The summed E-state index contributed by atoms with van der Waals surface area (Å²) in [5.74, 6) is 1.48. The van der Waals surface area contributed by atoms with Crippen molar-refractivity contribution in [3.63, 3.8) is 0 Å². The number of likely N-dealkylation sites (N-methyl/N-ethyl adjacent to an activating group) is 1. The second kappa shape index (κ2) is 6.13. The molecule has 1 aromatic carbocycles. The molecule has 110 valence electrons. The molecular formula is C15H22N2O3. The summed E-state index contributed by atoms with van der Waals surface area (Å²) in [5.41, 5.74) is 7.06. The second-order valence-electron chi connectivity index (χ2n) is 5.08. The largest absolute Gasteiger partial charge is 0.493 e. The van der Waals surface area contributed by atoms with E-state index >= 15 is 0 Å². The first-order valence-corrected chi connectivity index (χ1v) is 6.90. The summed E-state index contributed by atoms with van der Waals surface area (Å²) in [7, 11) is 3.40. The number of ether oxygens (including phenoxy) is 2. The summed E-state index contributed by atoms with van der Waals surface area (Å²) >= 11 is 0. The lowest BCUT2D eigenvalue weighted by molar-refractivity contribution is -0.127. The Morgan fingerprint density at radius 2 is 2.15 bits per heavy atom. The molecule has 0 spiro atoms. The summed E-state index contributed by atoms with van der Waals surface area (Å²) in [4.78, 5) is 13.4. The highest BCUT2D eigenvalue weighted by Crippen LogP contribution is 2.36. The zero-order valence-electron chi connectivity index (χ0n) is 12.3. The van der Waals surface area contributed by atoms with Crippen LogP contribution in [0.25, 0.3) is 0 Å². The number of amides is 1. The van der Waals surface area contributed by atoms with Gasteiger partial charge < -0.3 is 20.1 Å². The van der Waals surface area contributed by atoms with E-state index in [4.69, 9.17) is 15.2 Å². The first kappa shape index (κ1) is 14.7. The molecule has 0 bridgehead atoms. The molecule has 2 rings (SSSR count). The van der Waals surface area contributed by atoms with Crippen molar-refractivity contribution in [2.45, 2.75) is 31.8 Å². The van der Waals surface area contributed by atoms with Gasteiger partial charge in [-0.2, -0.15) is 0 Å². The first-order chi connectivity index (χ1) is 9.58. The van der Waals surface area contributed by atoms with Gasteiger partial charge >= 0.3 is 0 Å². The van der Waals surface area contributed by atoms with Crippen LogP contribution in [0.15, 0.2) is 18.2 Å². The van der Waals surface area contributed by atoms with E-state index in [0.717, 1.165) is 12.0 Å². The van der Waals surface area contributed by atoms with Crippen molar-refractivity contribution in [1.29, 1.82) is 0 Å². The van der Waals surface area contributed by atoms with Crippen molar-refractivity contribution in [1.82, 2.24) is 4.90 Å². The number of hydrogen-bond acceptors (Lipinski definition) is 4. The Balaban J connectivity index is 2.30. The van der Waals surface area contributed by atoms with Crippen LogP contribution >= 0.6 is 0 Å². The Bertz CT molecular complexity index is 490. The fourth-order valence-electron chi connectivity index (χ4n) is 2.57. The van der Waals surface area contributed by atoms with Gasteiger partial charge in [-0.05, 0) is 24.1 Å². The maximum Gasteiger partial charge on any atom is 0.224 e. The van der Waals surface area contributed by atoms with E-state index in [2.05, 4.69) is 6.92 Å². The van der Waals surface area contributed by atoms with Gasteiger partial charge in [-0.25, -0.2) is 0 Å². The van der Waals surface area contributed by atoms with Gasteiger partial charge in [-0.1, -0.05) is 13.0 Å². The molecule has 1 aliphatic heterocycles. The number of nitrogens with two attached hydrogens (primary N) is 1. The van der Waals surface area contributed by atoms with E-state index in [1.807, 2.05) is 18.2 Å². The lowest BCUT2D eigenvalue weighted by atomic mass is 10.0. The molecule has 0 aromatic heterocycles. The van der Waals surface area contributed by atoms with Crippen LogP contribution in [0.2, 0.25) is 0 Å². The molecule has 1 fully saturated rings. The van der Waals surface area contributed by atoms with E-state index in [1.54, 1.807) is 19.1 Å². The second-order valence-corrected chi connectivity index (χ2v) is 5.08. The number of hydrogen-bond donors (Lipinski definition) is 1. The molecule has 5 heteroatoms. The van der Waals surface area contributed by atoms with Crippen molar-refractivity contribution in [2.24, 2.45) is 5.73 Å². The van der Waals surface area contributed by atoms with Crippen LogP contribution in [-0.4, -0.2) is 37.6 Å². The first-order valence-electron chi connectivity index (χ1n) is 6.90. The third kappa shape index (κ3) is 2.72. The highest BCUT2D eigenvalue weighted by molar-refractivity contribution is 5.80. The van der Waals surface area contributed by atoms with Crippen LogP contribution in [0.3, 0.4) is 0 Å². The average molecular weight is 278 g/mol. The lowest BCUT2D eigenvalue weighted by Crippen LogP contribution is -2.30. The maximum atomic E-state index is 11.7. The molecule has 2 N–H and O–H groups in total. The van der Waals surface area contributed by atoms with Crippen LogP contribution < -0.4 is 15.2 Å². The van der Waals surface area contributed by atoms with Gasteiger partial charge in [0, 0.05) is 19.5 Å². The van der Waals surface area contributed by atoms with Crippen molar-refractivity contribution in [3.05, 3.63) is 23.8 Å². The highest BCUT2D eigenvalue weighted by Gasteiger charge is 2.36. The Morgan fingerprint density at radius 3 is 2.70 bits per heavy atom. The Hall–Kier alpha value is -1.75. The zero-order valence-corrected chi connectivity index (χ0v) is 12.3. The summed E-state index contributed by atoms with van der Waals surface area (Å²) in [6.07, 6.45) is 1.31. The van der Waals surface area contributed by atoms with Gasteiger partial charge in [0.2, 0.25) is 5.91 Å². The molecule has 1 heterocycles. The molecule has 0 radical (unpaired) electrons. The van der Waals surface area contributed by atoms with E-state index in [-0.39, 0.29) is 18.0 Å². The van der Waals surface area contributed by atoms with Crippen LogP contribution in [0.4, 0.5) is 0 Å². The smallest absolute Gasteiger partial charge is 0.224 e. The minimum atomic E-state index is -0.181. The van der Waals surface area contributed by atoms with Crippen LogP contribution in [-0.2, 0) is 4.79 Å².